The first-order chi connectivity index (χ1) is 13.3. The number of hydrogen-bond acceptors (Lipinski definition) is 2. The average molecular weight is 383 g/mol. The van der Waals surface area contributed by atoms with Crippen LogP contribution in [0.15, 0.2) is 42.2 Å². The first-order valence-corrected chi connectivity index (χ1v) is 9.63. The summed E-state index contributed by atoms with van der Waals surface area (Å²) in [6, 6.07) is 9.11. The number of carbonyl (C=O) groups excluding carboxylic acids is 1. The number of nitrogens with one attached hydrogen (secondary N) is 1. The molecule has 4 rings (SSSR count). The molecule has 1 aliphatic heterocycles. The lowest BCUT2D eigenvalue weighted by molar-refractivity contribution is -0.116. The van der Waals surface area contributed by atoms with Gasteiger partial charge in [-0.05, 0) is 79.0 Å². The molecule has 28 heavy (non-hydrogen) atoms. The van der Waals surface area contributed by atoms with Gasteiger partial charge in [-0.1, -0.05) is 25.1 Å². The van der Waals surface area contributed by atoms with E-state index in [9.17, 15) is 18.7 Å². The minimum absolute atomic E-state index is 0.106. The van der Waals surface area contributed by atoms with E-state index in [1.807, 2.05) is 13.0 Å². The van der Waals surface area contributed by atoms with Gasteiger partial charge in [0.2, 0.25) is 0 Å². The molecule has 0 radical (unpaired) electrons. The van der Waals surface area contributed by atoms with Gasteiger partial charge >= 0.3 is 0 Å². The fourth-order valence-corrected chi connectivity index (χ4v) is 4.30. The molecular formula is C23H23F2NO2. The van der Waals surface area contributed by atoms with Crippen molar-refractivity contribution < 1.29 is 18.7 Å². The molecule has 2 N–H and O–H groups in total. The van der Waals surface area contributed by atoms with E-state index in [2.05, 4.69) is 12.2 Å². The Morgan fingerprint density at radius 2 is 1.68 bits per heavy atom. The van der Waals surface area contributed by atoms with Gasteiger partial charge in [0.15, 0.2) is 11.6 Å². The molecule has 1 saturated carbocycles. The smallest absolute Gasteiger partial charge is 0.256 e. The van der Waals surface area contributed by atoms with Crippen molar-refractivity contribution in [2.24, 2.45) is 5.92 Å². The van der Waals surface area contributed by atoms with Gasteiger partial charge in [-0.2, -0.15) is 0 Å². The van der Waals surface area contributed by atoms with Crippen LogP contribution in [0.25, 0.3) is 16.7 Å². The summed E-state index contributed by atoms with van der Waals surface area (Å²) in [6.07, 6.45) is 3.34. The van der Waals surface area contributed by atoms with Crippen LogP contribution < -0.4 is 5.32 Å². The number of rotatable bonds is 2. The standard InChI is InChI=1S/C23H23F2NO2/c1-13-7-9-23(10-8-13)21(27)20(22(28)26-23)17-11-15(4-3-14(17)2)16-5-6-18(24)19(25)12-16/h3-6,11-13,27H,7-10H2,1-2H3,(H,26,28)/t13-,23-. The second-order valence-corrected chi connectivity index (χ2v) is 8.10. The number of benzene rings is 2. The van der Waals surface area contributed by atoms with Crippen LogP contribution in [0, 0.1) is 24.5 Å². The lowest BCUT2D eigenvalue weighted by Gasteiger charge is -2.36. The normalized spacial score (nSPS) is 24.7. The molecule has 1 fully saturated rings. The number of aliphatic hydroxyl groups excluding tert-OH is 1. The molecule has 2 aromatic carbocycles. The van der Waals surface area contributed by atoms with Crippen LogP contribution in [-0.4, -0.2) is 16.6 Å². The number of aliphatic hydroxyl groups is 1. The number of aryl methyl sites for hydroxylation is 1. The van der Waals surface area contributed by atoms with E-state index in [0.717, 1.165) is 43.4 Å². The van der Waals surface area contributed by atoms with Crippen molar-refractivity contribution in [1.29, 1.82) is 0 Å². The molecule has 2 aromatic rings. The Kier molecular flexibility index (Phi) is 4.48. The topological polar surface area (TPSA) is 49.3 Å². The zero-order valence-corrected chi connectivity index (χ0v) is 16.0. The Labute approximate surface area is 163 Å². The number of hydrogen-bond donors (Lipinski definition) is 2. The predicted molar refractivity (Wildman–Crippen MR) is 105 cm³/mol. The van der Waals surface area contributed by atoms with Crippen molar-refractivity contribution in [3.05, 3.63) is 64.9 Å². The molecule has 0 saturated heterocycles. The lowest BCUT2D eigenvalue weighted by Crippen LogP contribution is -2.47. The van der Waals surface area contributed by atoms with E-state index < -0.39 is 17.2 Å². The summed E-state index contributed by atoms with van der Waals surface area (Å²) in [4.78, 5) is 12.8. The Bertz CT molecular complexity index is 988. The van der Waals surface area contributed by atoms with Crippen LogP contribution in [0.4, 0.5) is 8.78 Å². The van der Waals surface area contributed by atoms with Crippen molar-refractivity contribution in [3.8, 4) is 11.1 Å². The van der Waals surface area contributed by atoms with Crippen LogP contribution in [-0.2, 0) is 4.79 Å². The number of carbonyl (C=O) groups is 1. The summed E-state index contributed by atoms with van der Waals surface area (Å²) >= 11 is 0. The molecule has 1 spiro atoms. The van der Waals surface area contributed by atoms with Gasteiger partial charge in [-0.25, -0.2) is 8.78 Å². The van der Waals surface area contributed by atoms with Crippen LogP contribution in [0.1, 0.15) is 43.7 Å². The fourth-order valence-electron chi connectivity index (χ4n) is 4.30. The third kappa shape index (κ3) is 2.99. The summed E-state index contributed by atoms with van der Waals surface area (Å²) in [6.45, 7) is 4.05. The van der Waals surface area contributed by atoms with Crippen molar-refractivity contribution in [2.75, 3.05) is 0 Å². The summed E-state index contributed by atoms with van der Waals surface area (Å²) in [5.41, 5.74) is 2.24. The van der Waals surface area contributed by atoms with Gasteiger partial charge in [0.25, 0.3) is 5.91 Å². The molecule has 0 unspecified atom stereocenters. The van der Waals surface area contributed by atoms with Crippen molar-refractivity contribution in [1.82, 2.24) is 5.32 Å². The zero-order chi connectivity index (χ0) is 20.1. The molecule has 5 heteroatoms. The molecule has 1 aliphatic carbocycles. The molecule has 1 amide bonds. The summed E-state index contributed by atoms with van der Waals surface area (Å²) in [5, 5.41) is 14.0. The van der Waals surface area contributed by atoms with Crippen LogP contribution in [0.5, 0.6) is 0 Å². The van der Waals surface area contributed by atoms with Gasteiger partial charge in [0, 0.05) is 0 Å². The first-order valence-electron chi connectivity index (χ1n) is 9.63. The number of halogens is 2. The molecule has 0 atom stereocenters. The monoisotopic (exact) mass is 383 g/mol. The number of amides is 1. The van der Waals surface area contributed by atoms with Crippen molar-refractivity contribution in [3.63, 3.8) is 0 Å². The Morgan fingerprint density at radius 3 is 2.36 bits per heavy atom. The first kappa shape index (κ1) is 18.7. The van der Waals surface area contributed by atoms with Crippen molar-refractivity contribution in [2.45, 2.75) is 45.1 Å². The molecular weight excluding hydrogens is 360 g/mol. The Morgan fingerprint density at radius 1 is 1.04 bits per heavy atom. The van der Waals surface area contributed by atoms with Crippen molar-refractivity contribution >= 4 is 11.5 Å². The van der Waals surface area contributed by atoms with E-state index in [1.54, 1.807) is 12.1 Å². The Hall–Kier alpha value is -2.69. The minimum Gasteiger partial charge on any atom is -0.509 e. The highest BCUT2D eigenvalue weighted by atomic mass is 19.2. The van der Waals surface area contributed by atoms with E-state index in [-0.39, 0.29) is 17.2 Å². The van der Waals surface area contributed by atoms with Crippen LogP contribution >= 0.6 is 0 Å². The predicted octanol–water partition coefficient (Wildman–Crippen LogP) is 5.29. The van der Waals surface area contributed by atoms with Gasteiger partial charge in [0.1, 0.15) is 5.76 Å². The highest BCUT2D eigenvalue weighted by Crippen LogP contribution is 2.43. The summed E-state index contributed by atoms with van der Waals surface area (Å²) < 4.78 is 26.9. The molecule has 3 nitrogen and oxygen atoms in total. The van der Waals surface area contributed by atoms with E-state index in [4.69, 9.17) is 0 Å². The molecule has 1 heterocycles. The van der Waals surface area contributed by atoms with Crippen LogP contribution in [0.3, 0.4) is 0 Å². The maximum absolute atomic E-state index is 13.7. The molecule has 0 aromatic heterocycles. The third-order valence-corrected chi connectivity index (χ3v) is 6.16. The average Bonchev–Trinajstić information content (AvgIpc) is 2.91. The summed E-state index contributed by atoms with van der Waals surface area (Å²) in [5.74, 6) is -1.42. The molecule has 146 valence electrons. The molecule has 0 bridgehead atoms. The summed E-state index contributed by atoms with van der Waals surface area (Å²) in [7, 11) is 0. The van der Waals surface area contributed by atoms with E-state index >= 15 is 0 Å². The third-order valence-electron chi connectivity index (χ3n) is 6.16. The van der Waals surface area contributed by atoms with Gasteiger partial charge in [-0.3, -0.25) is 4.79 Å². The second-order valence-electron chi connectivity index (χ2n) is 8.10. The quantitative estimate of drug-likeness (QED) is 0.740. The van der Waals surface area contributed by atoms with Crippen LogP contribution in [0.2, 0.25) is 0 Å². The largest absolute Gasteiger partial charge is 0.509 e. The highest BCUT2D eigenvalue weighted by molar-refractivity contribution is 6.23. The molecule has 2 aliphatic rings. The fraction of sp³-hybridized carbons (Fsp3) is 0.348. The van der Waals surface area contributed by atoms with Gasteiger partial charge in [0.05, 0.1) is 11.1 Å². The minimum atomic E-state index is -0.921. The maximum Gasteiger partial charge on any atom is 0.256 e. The SMILES string of the molecule is Cc1ccc(-c2ccc(F)c(F)c2)cc1C1=C(O)[C@]2(CC[C@@H](C)CC2)NC1=O. The van der Waals surface area contributed by atoms with E-state index in [0.29, 0.717) is 22.6 Å². The maximum atomic E-state index is 13.7. The lowest BCUT2D eigenvalue weighted by atomic mass is 9.76. The highest BCUT2D eigenvalue weighted by Gasteiger charge is 2.47. The van der Waals surface area contributed by atoms with Gasteiger partial charge < -0.3 is 10.4 Å². The van der Waals surface area contributed by atoms with E-state index in [1.165, 1.54) is 6.07 Å². The second kappa shape index (κ2) is 6.73. The zero-order valence-electron chi connectivity index (χ0n) is 16.0. The van der Waals surface area contributed by atoms with Gasteiger partial charge in [-0.15, -0.1) is 0 Å². The Balaban J connectivity index is 1.79.